The van der Waals surface area contributed by atoms with Gasteiger partial charge in [0.05, 0.1) is 22.5 Å². The molecule has 8 heterocycles. The van der Waals surface area contributed by atoms with Crippen molar-refractivity contribution < 1.29 is 4.68 Å². The van der Waals surface area contributed by atoms with Crippen molar-refractivity contribution >= 4 is 67.3 Å². The second-order valence-electron chi connectivity index (χ2n) is 18.8. The SMILES string of the molecule is C1=CC2=Nc3cc4c(cc3C2C=C1)-c1ccc2c3ccccc3n3c2c1[N+]1(c2c-4cccc2[N+]24c5ccccc5[N+]2(c2c(-c5ccccc5)cccc2-c2ccccc2)C14)[n+]1ccccc1-3. The number of benzene rings is 8. The van der Waals surface area contributed by atoms with Gasteiger partial charge in [-0.2, -0.15) is 4.57 Å². The molecule has 1 aliphatic carbocycles. The van der Waals surface area contributed by atoms with Crippen molar-refractivity contribution in [3.8, 4) is 50.3 Å². The van der Waals surface area contributed by atoms with Crippen molar-refractivity contribution in [2.24, 2.45) is 4.99 Å². The lowest BCUT2D eigenvalue weighted by molar-refractivity contribution is -0.793. The number of rotatable bonds is 3. The molecule has 304 valence electrons. The highest BCUT2D eigenvalue weighted by atomic mass is 16.2. The van der Waals surface area contributed by atoms with E-state index in [4.69, 9.17) is 4.99 Å². The molecule has 5 unspecified atom stereocenters. The van der Waals surface area contributed by atoms with E-state index in [1.54, 1.807) is 0 Å². The van der Waals surface area contributed by atoms with Crippen LogP contribution in [0.1, 0.15) is 11.5 Å². The molecule has 6 aliphatic heterocycles. The number of nitrogens with zero attached hydrogens (tertiary/aromatic N) is 6. The Hall–Kier alpha value is -8.26. The van der Waals surface area contributed by atoms with E-state index in [0.29, 0.717) is 13.8 Å². The topological polar surface area (TPSA) is 21.2 Å². The summed E-state index contributed by atoms with van der Waals surface area (Å²) in [5.74, 6) is 1.30. The summed E-state index contributed by atoms with van der Waals surface area (Å²) in [6, 6.07) is 71.5. The zero-order valence-electron chi connectivity index (χ0n) is 35.6. The standard InChI is InChI=1S/C60H38N6/c1-3-17-37(18-4-1)39-23-15-24-40(38-19-5-2-6-20-38)57(39)66-53-29-12-11-28-52(53)65(66)54-30-16-25-44-47-36-50-48(41-21-7-9-26-49(41)61-50)35-46(47)45-33-32-43-42-22-8-10-27-51(42)63-55-31-13-14-34-62(55)64(58(44)54,60(65)66)59(45)56(43)63/h1-36,41,60H/q+4. The van der Waals surface area contributed by atoms with Crippen LogP contribution in [0, 0.1) is 0 Å². The molecule has 7 aliphatic rings. The van der Waals surface area contributed by atoms with Crippen LogP contribution in [0.4, 0.5) is 39.8 Å². The largest absolute Gasteiger partial charge is 0.498 e. The lowest BCUT2D eigenvalue weighted by Gasteiger charge is -2.35. The number of pyridine rings is 1. The minimum atomic E-state index is -0.0923. The average molecular weight is 843 g/mol. The van der Waals surface area contributed by atoms with Crippen LogP contribution in [0.2, 0.25) is 0 Å². The zero-order chi connectivity index (χ0) is 42.7. The summed E-state index contributed by atoms with van der Waals surface area (Å²) in [5.41, 5.74) is 24.0. The van der Waals surface area contributed by atoms with E-state index < -0.39 is 0 Å². The number of para-hydroxylation sites is 5. The maximum atomic E-state index is 5.34. The number of fused-ring (bicyclic) bond motifs is 14. The third-order valence-electron chi connectivity index (χ3n) is 16.2. The fraction of sp³-hybridized carbons (Fsp3) is 0.0333. The van der Waals surface area contributed by atoms with Crippen molar-refractivity contribution in [3.05, 3.63) is 224 Å². The van der Waals surface area contributed by atoms with Gasteiger partial charge in [-0.3, -0.25) is 4.99 Å². The molecule has 6 nitrogen and oxygen atoms in total. The summed E-state index contributed by atoms with van der Waals surface area (Å²) >= 11 is 0. The highest BCUT2D eigenvalue weighted by Crippen LogP contribution is 2.86. The Labute approximate surface area is 380 Å². The van der Waals surface area contributed by atoms with E-state index in [2.05, 4.69) is 228 Å². The van der Waals surface area contributed by atoms with Gasteiger partial charge in [0.15, 0.2) is 6.20 Å². The van der Waals surface area contributed by atoms with Crippen LogP contribution in [0.25, 0.3) is 72.1 Å². The average Bonchev–Trinajstić information content (AvgIpc) is 3.60. The van der Waals surface area contributed by atoms with Gasteiger partial charge in [0.25, 0.3) is 22.7 Å². The van der Waals surface area contributed by atoms with Crippen LogP contribution >= 0.6 is 0 Å². The van der Waals surface area contributed by atoms with Gasteiger partial charge in [0, 0.05) is 65.9 Å². The summed E-state index contributed by atoms with van der Waals surface area (Å²) < 4.78 is 7.04. The second-order valence-corrected chi connectivity index (χ2v) is 18.8. The molecule has 6 heteroatoms. The summed E-state index contributed by atoms with van der Waals surface area (Å²) in [7, 11) is 0. The van der Waals surface area contributed by atoms with Gasteiger partial charge >= 0.3 is 12.1 Å². The number of aliphatic imine (C=N–C) groups is 1. The molecule has 5 atom stereocenters. The van der Waals surface area contributed by atoms with Crippen LogP contribution in [0.3, 0.4) is 0 Å². The van der Waals surface area contributed by atoms with Crippen LogP contribution < -0.4 is 18.5 Å². The van der Waals surface area contributed by atoms with Crippen molar-refractivity contribution in [3.63, 3.8) is 0 Å². The maximum absolute atomic E-state index is 5.34. The minimum absolute atomic E-state index is 0.0923. The van der Waals surface area contributed by atoms with Crippen LogP contribution in [0.15, 0.2) is 224 Å². The fourth-order valence-electron chi connectivity index (χ4n) is 14.0. The summed E-state index contributed by atoms with van der Waals surface area (Å²) in [6.45, 7) is 0. The number of aromatic nitrogens is 2. The minimum Gasteiger partial charge on any atom is -0.252 e. The predicted octanol–water partition coefficient (Wildman–Crippen LogP) is 14.3. The fourth-order valence-corrected chi connectivity index (χ4v) is 14.0. The normalized spacial score (nSPS) is 23.9. The van der Waals surface area contributed by atoms with Crippen LogP contribution in [0.5, 0.6) is 0 Å². The van der Waals surface area contributed by atoms with Crippen molar-refractivity contribution in [1.29, 1.82) is 0 Å². The van der Waals surface area contributed by atoms with Gasteiger partial charge in [0.2, 0.25) is 16.9 Å². The van der Waals surface area contributed by atoms with E-state index in [0.717, 1.165) is 17.2 Å². The lowest BCUT2D eigenvalue weighted by Crippen LogP contribution is -2.74. The van der Waals surface area contributed by atoms with Gasteiger partial charge in [0.1, 0.15) is 5.52 Å². The molecule has 10 aromatic rings. The summed E-state index contributed by atoms with van der Waals surface area (Å²) in [6.07, 6.45) is 11.1. The van der Waals surface area contributed by atoms with Crippen LogP contribution in [-0.4, -0.2) is 16.6 Å². The van der Waals surface area contributed by atoms with Gasteiger partial charge in [-0.15, -0.1) is 0 Å². The summed E-state index contributed by atoms with van der Waals surface area (Å²) in [5, 5.41) is 2.55. The molecular formula is C60H38N6+4. The van der Waals surface area contributed by atoms with Crippen molar-refractivity contribution in [2.75, 3.05) is 0 Å². The Morgan fingerprint density at radius 3 is 1.97 bits per heavy atom. The number of allylic oxidation sites excluding steroid dienone is 4. The lowest BCUT2D eigenvalue weighted by atomic mass is 9.86. The Kier molecular flexibility index (Phi) is 5.87. The molecule has 1 fully saturated rings. The molecule has 1 saturated heterocycles. The van der Waals surface area contributed by atoms with E-state index >= 15 is 0 Å². The molecule has 2 aromatic heterocycles. The molecule has 17 rings (SSSR count). The molecule has 2 spiro atoms. The highest BCUT2D eigenvalue weighted by Gasteiger charge is 3.11. The Morgan fingerprint density at radius 2 is 1.15 bits per heavy atom. The van der Waals surface area contributed by atoms with E-state index in [1.807, 2.05) is 0 Å². The summed E-state index contributed by atoms with van der Waals surface area (Å²) in [4.78, 5) is 5.34. The molecular weight excluding hydrogens is 805 g/mol. The van der Waals surface area contributed by atoms with Crippen molar-refractivity contribution in [2.45, 2.75) is 12.2 Å². The monoisotopic (exact) mass is 842 g/mol. The Bertz CT molecular complexity index is 3970. The van der Waals surface area contributed by atoms with E-state index in [1.165, 1.54) is 106 Å². The molecule has 0 N–H and O–H groups in total. The number of hydrogen-bond donors (Lipinski definition) is 0. The molecule has 0 bridgehead atoms. The van der Waals surface area contributed by atoms with Gasteiger partial charge < -0.3 is 0 Å². The van der Waals surface area contributed by atoms with Gasteiger partial charge in [-0.25, -0.2) is 0 Å². The van der Waals surface area contributed by atoms with Gasteiger partial charge in [-0.05, 0) is 99.2 Å². The third kappa shape index (κ3) is 3.46. The number of quaternary nitrogens is 3. The Morgan fingerprint density at radius 1 is 0.485 bits per heavy atom. The Balaban J connectivity index is 1.10. The quantitative estimate of drug-likeness (QED) is 0.0960. The van der Waals surface area contributed by atoms with E-state index in [9.17, 15) is 0 Å². The molecule has 0 amide bonds. The highest BCUT2D eigenvalue weighted by molar-refractivity contribution is 6.21. The molecule has 66 heavy (non-hydrogen) atoms. The molecule has 8 aromatic carbocycles. The third-order valence-corrected chi connectivity index (χ3v) is 16.2. The number of hydrogen-bond acceptors (Lipinski definition) is 1. The van der Waals surface area contributed by atoms with Crippen molar-refractivity contribution in [1.82, 2.24) is 18.3 Å². The smallest absolute Gasteiger partial charge is 0.252 e. The zero-order valence-corrected chi connectivity index (χ0v) is 35.6. The first-order valence-electron chi connectivity index (χ1n) is 23.1. The van der Waals surface area contributed by atoms with Crippen LogP contribution in [-0.2, 0) is 0 Å². The molecule has 0 saturated carbocycles. The van der Waals surface area contributed by atoms with E-state index in [-0.39, 0.29) is 12.2 Å². The second kappa shape index (κ2) is 11.3. The molecule has 0 radical (unpaired) electrons. The first-order valence-corrected chi connectivity index (χ1v) is 23.1. The first kappa shape index (κ1) is 34.2. The predicted molar refractivity (Wildman–Crippen MR) is 267 cm³/mol. The first-order chi connectivity index (χ1) is 32.8. The van der Waals surface area contributed by atoms with Gasteiger partial charge in [-0.1, -0.05) is 121 Å². The maximum Gasteiger partial charge on any atom is 0.498 e.